The fraction of sp³-hybridized carbons (Fsp3) is 0.364. The molecule has 3 nitrogen and oxygen atoms in total. The third kappa shape index (κ3) is 3.51. The molecule has 0 saturated heterocycles. The molecule has 1 N–H and O–H groups in total. The lowest BCUT2D eigenvalue weighted by Crippen LogP contribution is -2.23. The van der Waals surface area contributed by atoms with Crippen molar-refractivity contribution in [3.63, 3.8) is 0 Å². The maximum absolute atomic E-state index is 9.84. The molecule has 0 aliphatic carbocycles. The number of ether oxygens (including phenoxy) is 2. The molecule has 0 bridgehead atoms. The zero-order chi connectivity index (χ0) is 17.8. The van der Waals surface area contributed by atoms with Crippen LogP contribution in [0.25, 0.3) is 11.1 Å². The Hall–Kier alpha value is -2.42. The van der Waals surface area contributed by atoms with Gasteiger partial charge in [0.05, 0.1) is 7.11 Å². The summed E-state index contributed by atoms with van der Waals surface area (Å²) >= 11 is 0. The van der Waals surface area contributed by atoms with Crippen molar-refractivity contribution in [2.45, 2.75) is 45.6 Å². The number of benzene rings is 2. The molecule has 2 aromatic rings. The third-order valence-electron chi connectivity index (χ3n) is 4.76. The normalized spacial score (nSPS) is 16.4. The lowest BCUT2D eigenvalue weighted by Gasteiger charge is -2.31. The first-order valence-electron chi connectivity index (χ1n) is 9.05. The Bertz CT molecular complexity index is 759. The zero-order valence-corrected chi connectivity index (χ0v) is 15.2. The van der Waals surface area contributed by atoms with Gasteiger partial charge in [0, 0.05) is 17.2 Å². The summed E-state index contributed by atoms with van der Waals surface area (Å²) in [6.45, 7) is 4.35. The topological polar surface area (TPSA) is 38.7 Å². The van der Waals surface area contributed by atoms with Gasteiger partial charge in [-0.25, -0.2) is 0 Å². The van der Waals surface area contributed by atoms with Crippen LogP contribution in [0.15, 0.2) is 42.5 Å². The Kier molecular flexibility index (Phi) is 5.32. The highest BCUT2D eigenvalue weighted by atomic mass is 16.5. The van der Waals surface area contributed by atoms with Gasteiger partial charge in [-0.2, -0.15) is 0 Å². The summed E-state index contributed by atoms with van der Waals surface area (Å²) in [5.74, 6) is 1.89. The Balaban J connectivity index is 2.16. The Morgan fingerprint density at radius 3 is 2.48 bits per heavy atom. The molecule has 1 aliphatic rings. The minimum Gasteiger partial charge on any atom is -0.508 e. The van der Waals surface area contributed by atoms with Gasteiger partial charge in [-0.05, 0) is 54.7 Å². The lowest BCUT2D eigenvalue weighted by molar-refractivity contribution is 0.248. The predicted octanol–water partition coefficient (Wildman–Crippen LogP) is 5.67. The van der Waals surface area contributed by atoms with E-state index in [-0.39, 0.29) is 11.9 Å². The van der Waals surface area contributed by atoms with Crippen LogP contribution in [-0.2, 0) is 0 Å². The molecule has 1 aliphatic heterocycles. The van der Waals surface area contributed by atoms with Crippen LogP contribution < -0.4 is 9.47 Å². The van der Waals surface area contributed by atoms with Crippen molar-refractivity contribution < 1.29 is 14.6 Å². The zero-order valence-electron chi connectivity index (χ0n) is 15.2. The highest BCUT2D eigenvalue weighted by Gasteiger charge is 2.28. The van der Waals surface area contributed by atoms with E-state index in [9.17, 15) is 5.11 Å². The summed E-state index contributed by atoms with van der Waals surface area (Å²) in [7, 11) is 1.68. The van der Waals surface area contributed by atoms with Crippen LogP contribution in [-0.4, -0.2) is 18.3 Å². The van der Waals surface area contributed by atoms with Gasteiger partial charge in [0.2, 0.25) is 0 Å². The average Bonchev–Trinajstić information content (AvgIpc) is 2.65. The Labute approximate surface area is 149 Å². The van der Waals surface area contributed by atoms with Crippen LogP contribution in [0.5, 0.6) is 17.2 Å². The van der Waals surface area contributed by atoms with E-state index in [0.717, 1.165) is 42.7 Å². The molecule has 0 aromatic heterocycles. The summed E-state index contributed by atoms with van der Waals surface area (Å²) in [4.78, 5) is 0. The molecular formula is C22H26O3. The maximum Gasteiger partial charge on any atom is 0.131 e. The summed E-state index contributed by atoms with van der Waals surface area (Å²) < 4.78 is 11.5. The van der Waals surface area contributed by atoms with E-state index in [1.807, 2.05) is 18.2 Å². The predicted molar refractivity (Wildman–Crippen MR) is 102 cm³/mol. The van der Waals surface area contributed by atoms with Crippen molar-refractivity contribution in [2.24, 2.45) is 0 Å². The first-order valence-corrected chi connectivity index (χ1v) is 9.05. The van der Waals surface area contributed by atoms with Crippen molar-refractivity contribution in [3.8, 4) is 17.2 Å². The molecule has 132 valence electrons. The largest absolute Gasteiger partial charge is 0.508 e. The van der Waals surface area contributed by atoms with E-state index < -0.39 is 0 Å². The number of phenols is 1. The van der Waals surface area contributed by atoms with E-state index in [1.165, 1.54) is 16.7 Å². The van der Waals surface area contributed by atoms with Gasteiger partial charge in [-0.15, -0.1) is 0 Å². The van der Waals surface area contributed by atoms with Crippen molar-refractivity contribution in [1.29, 1.82) is 0 Å². The smallest absolute Gasteiger partial charge is 0.131 e. The van der Waals surface area contributed by atoms with Crippen molar-refractivity contribution in [3.05, 3.63) is 53.6 Å². The molecule has 0 radical (unpaired) electrons. The molecule has 25 heavy (non-hydrogen) atoms. The fourth-order valence-corrected chi connectivity index (χ4v) is 3.45. The number of phenolic OH excluding ortho intramolecular Hbond substituents is 1. The van der Waals surface area contributed by atoms with Crippen molar-refractivity contribution >= 4 is 11.1 Å². The monoisotopic (exact) mass is 338 g/mol. The second-order valence-corrected chi connectivity index (χ2v) is 6.42. The molecule has 1 atom stereocenters. The highest BCUT2D eigenvalue weighted by molar-refractivity contribution is 5.96. The van der Waals surface area contributed by atoms with E-state index in [2.05, 4.69) is 26.0 Å². The van der Waals surface area contributed by atoms with Gasteiger partial charge < -0.3 is 14.6 Å². The third-order valence-corrected chi connectivity index (χ3v) is 4.76. The number of aromatic hydroxyl groups is 1. The van der Waals surface area contributed by atoms with Crippen LogP contribution in [0.2, 0.25) is 0 Å². The van der Waals surface area contributed by atoms with Crippen molar-refractivity contribution in [1.82, 2.24) is 0 Å². The van der Waals surface area contributed by atoms with Crippen LogP contribution in [0.4, 0.5) is 0 Å². The maximum atomic E-state index is 9.84. The number of hydrogen-bond acceptors (Lipinski definition) is 3. The van der Waals surface area contributed by atoms with Crippen LogP contribution in [0.3, 0.4) is 0 Å². The number of fused-ring (bicyclic) bond motifs is 1. The SMILES string of the molecule is CCCCC1=C(c2ccc(OC)cc2)C(CC)Oc2cc(O)ccc21. The number of allylic oxidation sites excluding steroid dienone is 1. The number of hydrogen-bond donors (Lipinski definition) is 1. The summed E-state index contributed by atoms with van der Waals surface area (Å²) in [6.07, 6.45) is 4.16. The Morgan fingerprint density at radius 1 is 1.08 bits per heavy atom. The van der Waals surface area contributed by atoms with Crippen LogP contribution in [0.1, 0.15) is 50.7 Å². The van der Waals surface area contributed by atoms with E-state index in [0.29, 0.717) is 0 Å². The molecule has 1 heterocycles. The van der Waals surface area contributed by atoms with Gasteiger partial charge in [-0.3, -0.25) is 0 Å². The number of unbranched alkanes of at least 4 members (excludes halogenated alkanes) is 1. The molecule has 3 rings (SSSR count). The summed E-state index contributed by atoms with van der Waals surface area (Å²) in [6, 6.07) is 13.7. The van der Waals surface area contributed by atoms with Gasteiger partial charge in [0.1, 0.15) is 23.4 Å². The molecule has 0 saturated carbocycles. The first kappa shape index (κ1) is 17.4. The van der Waals surface area contributed by atoms with Gasteiger partial charge in [-0.1, -0.05) is 32.4 Å². The van der Waals surface area contributed by atoms with Crippen LogP contribution in [0, 0.1) is 0 Å². The molecular weight excluding hydrogens is 312 g/mol. The van der Waals surface area contributed by atoms with E-state index >= 15 is 0 Å². The second-order valence-electron chi connectivity index (χ2n) is 6.42. The molecule has 0 fully saturated rings. The minimum absolute atomic E-state index is 0.00505. The number of rotatable bonds is 6. The average molecular weight is 338 g/mol. The molecule has 3 heteroatoms. The standard InChI is InChI=1S/C22H26O3/c1-4-6-7-19-18-13-10-16(23)14-21(18)25-20(5-2)22(19)15-8-11-17(24-3)12-9-15/h8-14,20,23H,4-7H2,1-3H3. The van der Waals surface area contributed by atoms with Gasteiger partial charge in [0.15, 0.2) is 0 Å². The quantitative estimate of drug-likeness (QED) is 0.737. The lowest BCUT2D eigenvalue weighted by atomic mass is 9.85. The van der Waals surface area contributed by atoms with Gasteiger partial charge in [0.25, 0.3) is 0 Å². The highest BCUT2D eigenvalue weighted by Crippen LogP contribution is 2.44. The summed E-state index contributed by atoms with van der Waals surface area (Å²) in [5, 5.41) is 9.84. The molecule has 1 unspecified atom stereocenters. The molecule has 2 aromatic carbocycles. The first-order chi connectivity index (χ1) is 12.2. The minimum atomic E-state index is -0.00505. The fourth-order valence-electron chi connectivity index (χ4n) is 3.45. The number of methoxy groups -OCH3 is 1. The molecule has 0 amide bonds. The van der Waals surface area contributed by atoms with E-state index in [1.54, 1.807) is 19.2 Å². The van der Waals surface area contributed by atoms with Crippen molar-refractivity contribution in [2.75, 3.05) is 7.11 Å². The van der Waals surface area contributed by atoms with Gasteiger partial charge >= 0.3 is 0 Å². The Morgan fingerprint density at radius 2 is 1.84 bits per heavy atom. The molecule has 0 spiro atoms. The second kappa shape index (κ2) is 7.64. The van der Waals surface area contributed by atoms with E-state index in [4.69, 9.17) is 9.47 Å². The van der Waals surface area contributed by atoms with Crippen LogP contribution >= 0.6 is 0 Å². The summed E-state index contributed by atoms with van der Waals surface area (Å²) in [5.41, 5.74) is 4.87.